The van der Waals surface area contributed by atoms with Crippen molar-refractivity contribution >= 4 is 17.8 Å². The molecular formula is C23H22FN5O4. The second kappa shape index (κ2) is 8.81. The van der Waals surface area contributed by atoms with Crippen LogP contribution in [0.3, 0.4) is 0 Å². The molecule has 0 atom stereocenters. The lowest BCUT2D eigenvalue weighted by Gasteiger charge is -2.26. The Hall–Kier alpha value is -4.08. The molecule has 2 aromatic heterocycles. The standard InChI is InChI=1S/C23H22FN5O4/c1-23(2,3)33-22(31)29-19-8-6-7-17(26-19)20-27-25-14-28(20)11-4-5-12-32-18-10-9-15(24)13-16(18)21(29)30/h4-10,13-14H,11-12H2,1-3H3/b5-4-. The molecule has 1 aromatic carbocycles. The fraction of sp³-hybridized carbons (Fsp3) is 0.261. The molecule has 2 bridgehead atoms. The lowest BCUT2D eigenvalue weighted by Crippen LogP contribution is -2.41. The van der Waals surface area contributed by atoms with Crippen LogP contribution in [0.5, 0.6) is 5.75 Å². The maximum Gasteiger partial charge on any atom is 0.423 e. The van der Waals surface area contributed by atoms with Crippen LogP contribution in [-0.2, 0) is 11.3 Å². The number of nitrogens with zero attached hydrogens (tertiary/aromatic N) is 5. The van der Waals surface area contributed by atoms with Gasteiger partial charge in [0.15, 0.2) is 5.82 Å². The van der Waals surface area contributed by atoms with Crippen molar-refractivity contribution in [2.75, 3.05) is 11.5 Å². The highest BCUT2D eigenvalue weighted by atomic mass is 19.1. The number of rotatable bonds is 0. The number of ether oxygens (including phenoxy) is 2. The number of fused-ring (bicyclic) bond motifs is 5. The molecule has 0 saturated carbocycles. The van der Waals surface area contributed by atoms with Gasteiger partial charge in [-0.05, 0) is 57.2 Å². The number of pyridine rings is 1. The van der Waals surface area contributed by atoms with Crippen LogP contribution in [0.4, 0.5) is 15.0 Å². The molecule has 0 saturated heterocycles. The van der Waals surface area contributed by atoms with Gasteiger partial charge in [-0.1, -0.05) is 12.1 Å². The summed E-state index contributed by atoms with van der Waals surface area (Å²) in [6.45, 7) is 5.60. The lowest BCUT2D eigenvalue weighted by atomic mass is 10.1. The van der Waals surface area contributed by atoms with E-state index in [-0.39, 0.29) is 23.7 Å². The summed E-state index contributed by atoms with van der Waals surface area (Å²) in [6.07, 6.45) is 4.19. The van der Waals surface area contributed by atoms with E-state index in [0.29, 0.717) is 18.1 Å². The first-order valence-corrected chi connectivity index (χ1v) is 10.2. The molecule has 170 valence electrons. The van der Waals surface area contributed by atoms with Crippen LogP contribution in [-0.4, -0.2) is 44.0 Å². The van der Waals surface area contributed by atoms with E-state index in [9.17, 15) is 14.0 Å². The second-order valence-corrected chi connectivity index (χ2v) is 8.23. The van der Waals surface area contributed by atoms with E-state index < -0.39 is 23.4 Å². The average Bonchev–Trinajstić information content (AvgIpc) is 3.21. The van der Waals surface area contributed by atoms with Crippen molar-refractivity contribution in [3.8, 4) is 17.3 Å². The number of carbonyl (C=O) groups is 2. The van der Waals surface area contributed by atoms with Gasteiger partial charge in [0.1, 0.15) is 41.6 Å². The number of benzene rings is 1. The first kappa shape index (κ1) is 22.1. The Labute approximate surface area is 189 Å². The highest BCUT2D eigenvalue weighted by molar-refractivity contribution is 6.19. The van der Waals surface area contributed by atoms with Crippen LogP contribution < -0.4 is 9.64 Å². The van der Waals surface area contributed by atoms with Gasteiger partial charge in [0.05, 0.1) is 5.56 Å². The normalized spacial score (nSPS) is 15.0. The molecule has 0 radical (unpaired) electrons. The Morgan fingerprint density at radius 1 is 1.18 bits per heavy atom. The highest BCUT2D eigenvalue weighted by Gasteiger charge is 2.33. The Balaban J connectivity index is 1.90. The first-order chi connectivity index (χ1) is 15.7. The van der Waals surface area contributed by atoms with E-state index in [4.69, 9.17) is 9.47 Å². The molecule has 0 spiro atoms. The zero-order chi connectivity index (χ0) is 23.6. The molecule has 3 aromatic rings. The lowest BCUT2D eigenvalue weighted by molar-refractivity contribution is 0.0562. The number of carbonyl (C=O) groups excluding carboxylic acids is 2. The van der Waals surface area contributed by atoms with Crippen LogP contribution >= 0.6 is 0 Å². The Morgan fingerprint density at radius 2 is 2.00 bits per heavy atom. The maximum atomic E-state index is 14.1. The summed E-state index contributed by atoms with van der Waals surface area (Å²) < 4.78 is 27.0. The summed E-state index contributed by atoms with van der Waals surface area (Å²) in [7, 11) is 0. The van der Waals surface area contributed by atoms with Gasteiger partial charge in [0, 0.05) is 6.54 Å². The van der Waals surface area contributed by atoms with E-state index in [1.54, 1.807) is 49.9 Å². The fourth-order valence-electron chi connectivity index (χ4n) is 3.16. The summed E-state index contributed by atoms with van der Waals surface area (Å²) in [4.78, 5) is 31.9. The number of anilines is 1. The predicted molar refractivity (Wildman–Crippen MR) is 117 cm³/mol. The largest absolute Gasteiger partial charge is 0.489 e. The quantitative estimate of drug-likeness (QED) is 0.476. The van der Waals surface area contributed by atoms with E-state index in [1.165, 1.54) is 18.2 Å². The molecular weight excluding hydrogens is 429 g/mol. The van der Waals surface area contributed by atoms with Gasteiger partial charge < -0.3 is 14.0 Å². The van der Waals surface area contributed by atoms with Crippen molar-refractivity contribution in [2.24, 2.45) is 0 Å². The zero-order valence-corrected chi connectivity index (χ0v) is 18.4. The highest BCUT2D eigenvalue weighted by Crippen LogP contribution is 2.27. The minimum Gasteiger partial charge on any atom is -0.489 e. The van der Waals surface area contributed by atoms with Crippen LogP contribution in [0, 0.1) is 5.82 Å². The van der Waals surface area contributed by atoms with Crippen molar-refractivity contribution in [1.82, 2.24) is 19.7 Å². The molecule has 33 heavy (non-hydrogen) atoms. The zero-order valence-electron chi connectivity index (χ0n) is 18.4. The van der Waals surface area contributed by atoms with Crippen LogP contribution in [0.15, 0.2) is 54.9 Å². The van der Waals surface area contributed by atoms with E-state index >= 15 is 0 Å². The summed E-state index contributed by atoms with van der Waals surface area (Å²) >= 11 is 0. The molecule has 3 heterocycles. The molecule has 0 fully saturated rings. The number of allylic oxidation sites excluding steroid dienone is 1. The molecule has 0 unspecified atom stereocenters. The second-order valence-electron chi connectivity index (χ2n) is 8.23. The van der Waals surface area contributed by atoms with E-state index in [0.717, 1.165) is 11.0 Å². The van der Waals surface area contributed by atoms with Gasteiger partial charge in [0.25, 0.3) is 5.91 Å². The van der Waals surface area contributed by atoms with Crippen LogP contribution in [0.1, 0.15) is 31.1 Å². The van der Waals surface area contributed by atoms with Gasteiger partial charge in [-0.15, -0.1) is 10.2 Å². The fourth-order valence-corrected chi connectivity index (χ4v) is 3.16. The Kier molecular flexibility index (Phi) is 5.91. The first-order valence-electron chi connectivity index (χ1n) is 10.2. The van der Waals surface area contributed by atoms with Crippen molar-refractivity contribution in [3.05, 3.63) is 66.3 Å². The van der Waals surface area contributed by atoms with E-state index in [1.807, 2.05) is 6.08 Å². The summed E-state index contributed by atoms with van der Waals surface area (Å²) in [6, 6.07) is 8.35. The van der Waals surface area contributed by atoms with Gasteiger partial charge in [-0.3, -0.25) is 4.79 Å². The third kappa shape index (κ3) is 4.89. The summed E-state index contributed by atoms with van der Waals surface area (Å²) in [5, 5.41) is 8.05. The number of hydrogen-bond donors (Lipinski definition) is 0. The maximum absolute atomic E-state index is 14.1. The third-order valence-corrected chi connectivity index (χ3v) is 4.56. The predicted octanol–water partition coefficient (Wildman–Crippen LogP) is 4.01. The minimum absolute atomic E-state index is 0.0101. The summed E-state index contributed by atoms with van der Waals surface area (Å²) in [5.74, 6) is -0.934. The monoisotopic (exact) mass is 451 g/mol. The van der Waals surface area contributed by atoms with E-state index in [2.05, 4.69) is 15.2 Å². The Morgan fingerprint density at radius 3 is 2.79 bits per heavy atom. The molecule has 1 aliphatic rings. The van der Waals surface area contributed by atoms with Crippen molar-refractivity contribution < 1.29 is 23.5 Å². The number of hydrogen-bond acceptors (Lipinski definition) is 7. The molecule has 0 aliphatic carbocycles. The van der Waals surface area contributed by atoms with Crippen LogP contribution in [0.2, 0.25) is 0 Å². The van der Waals surface area contributed by atoms with Gasteiger partial charge in [-0.2, -0.15) is 4.90 Å². The van der Waals surface area contributed by atoms with Crippen molar-refractivity contribution in [1.29, 1.82) is 0 Å². The SMILES string of the molecule is CC(C)(C)OC(=O)N1C(=O)c2cc(F)ccc2OC/C=C\Cn2cnnc2-c2cccc1n2. The minimum atomic E-state index is -0.958. The molecule has 10 heteroatoms. The molecule has 2 amide bonds. The van der Waals surface area contributed by atoms with Gasteiger partial charge >= 0.3 is 6.09 Å². The van der Waals surface area contributed by atoms with Gasteiger partial charge in [-0.25, -0.2) is 14.2 Å². The van der Waals surface area contributed by atoms with Crippen molar-refractivity contribution in [2.45, 2.75) is 32.9 Å². The van der Waals surface area contributed by atoms with Crippen LogP contribution in [0.25, 0.3) is 11.5 Å². The van der Waals surface area contributed by atoms with Crippen molar-refractivity contribution in [3.63, 3.8) is 0 Å². The summed E-state index contributed by atoms with van der Waals surface area (Å²) in [5.41, 5.74) is -0.630. The number of imide groups is 1. The average molecular weight is 451 g/mol. The molecule has 9 nitrogen and oxygen atoms in total. The number of amides is 2. The third-order valence-electron chi connectivity index (χ3n) is 4.56. The molecule has 0 N–H and O–H groups in total. The molecule has 4 rings (SSSR count). The number of aromatic nitrogens is 4. The molecule has 1 aliphatic heterocycles. The topological polar surface area (TPSA) is 99.4 Å². The van der Waals surface area contributed by atoms with Gasteiger partial charge in [0.2, 0.25) is 0 Å². The smallest absolute Gasteiger partial charge is 0.423 e. The number of halogens is 1. The Bertz CT molecular complexity index is 1230.